The van der Waals surface area contributed by atoms with Crippen LogP contribution in [-0.4, -0.2) is 0 Å². The van der Waals surface area contributed by atoms with Gasteiger partial charge in [0, 0.05) is 9.50 Å². The van der Waals surface area contributed by atoms with Gasteiger partial charge in [0.2, 0.25) is 0 Å². The van der Waals surface area contributed by atoms with Crippen LogP contribution in [-0.2, 0) is 0 Å². The maximum atomic E-state index is 5.99. The molecule has 18 heavy (non-hydrogen) atoms. The number of ether oxygens (including phenoxy) is 1. The van der Waals surface area contributed by atoms with Gasteiger partial charge in [0.25, 0.3) is 0 Å². The predicted molar refractivity (Wildman–Crippen MR) is 79.6 cm³/mol. The van der Waals surface area contributed by atoms with Crippen LogP contribution >= 0.6 is 27.5 Å². The van der Waals surface area contributed by atoms with Crippen molar-refractivity contribution in [2.45, 2.75) is 13.8 Å². The first-order valence-corrected chi connectivity index (χ1v) is 6.64. The standard InChI is InChI=1S/C14H13BrClNO/c1-8-5-11(16)6-9(2)14(8)18-13-7-10(15)3-4-12(13)17/h3-7H,17H2,1-2H3. The molecular formula is C14H13BrClNO. The Morgan fingerprint density at radius 2 is 1.72 bits per heavy atom. The van der Waals surface area contributed by atoms with Crippen molar-refractivity contribution >= 4 is 33.2 Å². The Balaban J connectivity index is 2.43. The lowest BCUT2D eigenvalue weighted by Crippen LogP contribution is -1.95. The molecule has 2 rings (SSSR count). The Kier molecular flexibility index (Phi) is 3.83. The second-order valence-corrected chi connectivity index (χ2v) is 5.51. The highest BCUT2D eigenvalue weighted by Gasteiger charge is 2.09. The molecule has 0 aliphatic heterocycles. The number of nitrogens with two attached hydrogens (primary N) is 1. The van der Waals surface area contributed by atoms with Crippen LogP contribution < -0.4 is 10.5 Å². The van der Waals surface area contributed by atoms with Crippen molar-refractivity contribution in [2.24, 2.45) is 0 Å². The number of aryl methyl sites for hydroxylation is 2. The fourth-order valence-corrected chi connectivity index (χ4v) is 2.43. The van der Waals surface area contributed by atoms with Crippen molar-refractivity contribution in [2.75, 3.05) is 5.73 Å². The number of benzene rings is 2. The summed E-state index contributed by atoms with van der Waals surface area (Å²) in [5, 5.41) is 0.708. The van der Waals surface area contributed by atoms with Crippen molar-refractivity contribution in [3.8, 4) is 11.5 Å². The highest BCUT2D eigenvalue weighted by atomic mass is 79.9. The molecule has 0 amide bonds. The van der Waals surface area contributed by atoms with Gasteiger partial charge in [-0.3, -0.25) is 0 Å². The van der Waals surface area contributed by atoms with Crippen molar-refractivity contribution in [3.05, 3.63) is 51.0 Å². The minimum atomic E-state index is 0.604. The molecule has 0 heterocycles. The van der Waals surface area contributed by atoms with Crippen molar-refractivity contribution in [3.63, 3.8) is 0 Å². The monoisotopic (exact) mass is 325 g/mol. The normalized spacial score (nSPS) is 10.4. The molecule has 2 aromatic rings. The summed E-state index contributed by atoms with van der Waals surface area (Å²) in [5.41, 5.74) is 8.47. The lowest BCUT2D eigenvalue weighted by molar-refractivity contribution is 0.477. The molecule has 0 radical (unpaired) electrons. The number of halogens is 2. The first-order chi connectivity index (χ1) is 8.47. The fourth-order valence-electron chi connectivity index (χ4n) is 1.76. The topological polar surface area (TPSA) is 35.2 Å². The van der Waals surface area contributed by atoms with Gasteiger partial charge in [-0.1, -0.05) is 27.5 Å². The SMILES string of the molecule is Cc1cc(Cl)cc(C)c1Oc1cc(Br)ccc1N. The summed E-state index contributed by atoms with van der Waals surface area (Å²) in [7, 11) is 0. The van der Waals surface area contributed by atoms with E-state index >= 15 is 0 Å². The van der Waals surface area contributed by atoms with E-state index in [2.05, 4.69) is 15.9 Å². The van der Waals surface area contributed by atoms with E-state index in [1.54, 1.807) is 6.07 Å². The van der Waals surface area contributed by atoms with Crippen LogP contribution in [0.1, 0.15) is 11.1 Å². The van der Waals surface area contributed by atoms with Crippen molar-refractivity contribution in [1.82, 2.24) is 0 Å². The molecule has 0 aromatic heterocycles. The molecule has 0 spiro atoms. The van der Waals surface area contributed by atoms with E-state index < -0.39 is 0 Å². The molecule has 0 fully saturated rings. The minimum Gasteiger partial charge on any atom is -0.455 e. The molecule has 2 nitrogen and oxygen atoms in total. The summed E-state index contributed by atoms with van der Waals surface area (Å²) in [6.07, 6.45) is 0. The summed E-state index contributed by atoms with van der Waals surface area (Å²) in [6.45, 7) is 3.92. The lowest BCUT2D eigenvalue weighted by Gasteiger charge is -2.14. The Hall–Kier alpha value is -1.19. The van der Waals surface area contributed by atoms with Crippen LogP contribution in [0.5, 0.6) is 11.5 Å². The summed E-state index contributed by atoms with van der Waals surface area (Å²) in [5.74, 6) is 1.43. The van der Waals surface area contributed by atoms with Crippen LogP contribution in [0.3, 0.4) is 0 Å². The van der Waals surface area contributed by atoms with Gasteiger partial charge >= 0.3 is 0 Å². The van der Waals surface area contributed by atoms with Gasteiger partial charge in [-0.15, -0.1) is 0 Å². The van der Waals surface area contributed by atoms with Crippen LogP contribution in [0, 0.1) is 13.8 Å². The fraction of sp³-hybridized carbons (Fsp3) is 0.143. The third kappa shape index (κ3) is 2.79. The molecule has 2 N–H and O–H groups in total. The number of anilines is 1. The lowest BCUT2D eigenvalue weighted by atomic mass is 10.1. The van der Waals surface area contributed by atoms with E-state index in [0.29, 0.717) is 16.5 Å². The van der Waals surface area contributed by atoms with E-state index in [1.807, 2.05) is 38.1 Å². The maximum absolute atomic E-state index is 5.99. The van der Waals surface area contributed by atoms with E-state index in [4.69, 9.17) is 22.1 Å². The highest BCUT2D eigenvalue weighted by molar-refractivity contribution is 9.10. The zero-order valence-corrected chi connectivity index (χ0v) is 12.5. The van der Waals surface area contributed by atoms with Crippen molar-refractivity contribution < 1.29 is 4.74 Å². The quantitative estimate of drug-likeness (QED) is 0.780. The van der Waals surface area contributed by atoms with Gasteiger partial charge < -0.3 is 10.5 Å². The average Bonchev–Trinajstić information content (AvgIpc) is 2.28. The first-order valence-electron chi connectivity index (χ1n) is 5.47. The van der Waals surface area contributed by atoms with Gasteiger partial charge in [-0.2, -0.15) is 0 Å². The Morgan fingerprint density at radius 3 is 2.33 bits per heavy atom. The molecule has 94 valence electrons. The van der Waals surface area contributed by atoms with Crippen LogP contribution in [0.4, 0.5) is 5.69 Å². The smallest absolute Gasteiger partial charge is 0.151 e. The Bertz CT molecular complexity index is 575. The minimum absolute atomic E-state index is 0.604. The summed E-state index contributed by atoms with van der Waals surface area (Å²) in [4.78, 5) is 0. The first kappa shape index (κ1) is 13.2. The summed E-state index contributed by atoms with van der Waals surface area (Å²) in [6, 6.07) is 9.28. The predicted octanol–water partition coefficient (Wildman–Crippen LogP) is 5.09. The molecule has 0 bridgehead atoms. The zero-order valence-electron chi connectivity index (χ0n) is 10.1. The number of hydrogen-bond donors (Lipinski definition) is 1. The van der Waals surface area contributed by atoms with E-state index in [-0.39, 0.29) is 0 Å². The molecule has 0 saturated carbocycles. The highest BCUT2D eigenvalue weighted by Crippen LogP contribution is 2.35. The number of rotatable bonds is 2. The summed E-state index contributed by atoms with van der Waals surface area (Å²) >= 11 is 9.40. The third-order valence-corrected chi connectivity index (χ3v) is 3.32. The van der Waals surface area contributed by atoms with Gasteiger partial charge in [-0.05, 0) is 55.3 Å². The van der Waals surface area contributed by atoms with E-state index in [0.717, 1.165) is 21.3 Å². The van der Waals surface area contributed by atoms with Crippen LogP contribution in [0.25, 0.3) is 0 Å². The van der Waals surface area contributed by atoms with E-state index in [1.165, 1.54) is 0 Å². The van der Waals surface area contributed by atoms with Crippen LogP contribution in [0.15, 0.2) is 34.8 Å². The van der Waals surface area contributed by atoms with Crippen LogP contribution in [0.2, 0.25) is 5.02 Å². The number of hydrogen-bond acceptors (Lipinski definition) is 2. The number of nitrogen functional groups attached to an aromatic ring is 1. The van der Waals surface area contributed by atoms with Crippen molar-refractivity contribution in [1.29, 1.82) is 0 Å². The molecule has 0 aliphatic carbocycles. The molecule has 4 heteroatoms. The van der Waals surface area contributed by atoms with Gasteiger partial charge in [0.05, 0.1) is 5.69 Å². The second kappa shape index (κ2) is 5.21. The van der Waals surface area contributed by atoms with Gasteiger partial charge in [0.15, 0.2) is 5.75 Å². The largest absolute Gasteiger partial charge is 0.455 e. The molecule has 0 aliphatic rings. The summed E-state index contributed by atoms with van der Waals surface area (Å²) < 4.78 is 6.82. The molecule has 2 aromatic carbocycles. The zero-order chi connectivity index (χ0) is 13.3. The molecule has 0 saturated heterocycles. The molecular weight excluding hydrogens is 314 g/mol. The van der Waals surface area contributed by atoms with Gasteiger partial charge in [0.1, 0.15) is 5.75 Å². The van der Waals surface area contributed by atoms with Gasteiger partial charge in [-0.25, -0.2) is 0 Å². The molecule has 0 atom stereocenters. The average molecular weight is 327 g/mol. The maximum Gasteiger partial charge on any atom is 0.151 e. The molecule has 0 unspecified atom stereocenters. The van der Waals surface area contributed by atoms with E-state index in [9.17, 15) is 0 Å². The third-order valence-electron chi connectivity index (χ3n) is 2.61. The Labute approximate surface area is 120 Å². The second-order valence-electron chi connectivity index (χ2n) is 4.15. The Morgan fingerprint density at radius 1 is 1.11 bits per heavy atom.